The summed E-state index contributed by atoms with van der Waals surface area (Å²) in [7, 11) is 0. The summed E-state index contributed by atoms with van der Waals surface area (Å²) in [6, 6.07) is 49.9. The predicted octanol–water partition coefficient (Wildman–Crippen LogP) is 10.9. The maximum absolute atomic E-state index is 6.42. The maximum atomic E-state index is 6.42. The van der Waals surface area contributed by atoms with E-state index in [1.165, 1.54) is 43.4 Å². The number of allylic oxidation sites excluding steroid dienone is 1. The second kappa shape index (κ2) is 10.9. The van der Waals surface area contributed by atoms with Gasteiger partial charge in [-0.1, -0.05) is 109 Å². The van der Waals surface area contributed by atoms with Crippen LogP contribution in [0.15, 0.2) is 168 Å². The SMILES string of the molecule is C1=CC(N(c2ccc(-c3cc4c5ccccc5ccc4c4ccccc34)cc2)C2NC=Cc3oc4ccccc4c32)=C2c3ccccc3OC2N1. The molecule has 4 heterocycles. The fourth-order valence-corrected chi connectivity index (χ4v) is 8.34. The van der Waals surface area contributed by atoms with Crippen LogP contribution in [0.25, 0.3) is 66.1 Å². The summed E-state index contributed by atoms with van der Waals surface area (Å²) < 4.78 is 12.8. The molecular weight excluding hydrogens is 627 g/mol. The predicted molar refractivity (Wildman–Crippen MR) is 208 cm³/mol. The first kappa shape index (κ1) is 28.2. The van der Waals surface area contributed by atoms with Gasteiger partial charge >= 0.3 is 0 Å². The molecule has 242 valence electrons. The van der Waals surface area contributed by atoms with Gasteiger partial charge in [-0.15, -0.1) is 0 Å². The van der Waals surface area contributed by atoms with Gasteiger partial charge in [0.25, 0.3) is 0 Å². The molecule has 0 fully saturated rings. The van der Waals surface area contributed by atoms with Crippen molar-refractivity contribution in [2.24, 2.45) is 0 Å². The maximum Gasteiger partial charge on any atom is 0.198 e. The molecule has 2 N–H and O–H groups in total. The van der Waals surface area contributed by atoms with Crippen LogP contribution in [-0.2, 0) is 0 Å². The first-order valence-corrected chi connectivity index (χ1v) is 17.4. The smallest absolute Gasteiger partial charge is 0.198 e. The number of nitrogens with zero attached hydrogens (tertiary/aromatic N) is 1. The van der Waals surface area contributed by atoms with Crippen LogP contribution in [0, 0.1) is 0 Å². The molecule has 0 saturated heterocycles. The van der Waals surface area contributed by atoms with Gasteiger partial charge in [0.1, 0.15) is 23.3 Å². The van der Waals surface area contributed by atoms with Gasteiger partial charge in [0.05, 0.1) is 5.70 Å². The second-order valence-corrected chi connectivity index (χ2v) is 13.3. The average molecular weight is 658 g/mol. The number of rotatable bonds is 4. The first-order chi connectivity index (χ1) is 25.3. The highest BCUT2D eigenvalue weighted by molar-refractivity contribution is 6.21. The van der Waals surface area contributed by atoms with Crippen LogP contribution >= 0.6 is 0 Å². The Morgan fingerprint density at radius 3 is 2.18 bits per heavy atom. The Morgan fingerprint density at radius 1 is 0.549 bits per heavy atom. The summed E-state index contributed by atoms with van der Waals surface area (Å²) in [5, 5.41) is 15.8. The lowest BCUT2D eigenvalue weighted by molar-refractivity contribution is 0.253. The van der Waals surface area contributed by atoms with Gasteiger partial charge in [0.15, 0.2) is 6.23 Å². The molecular formula is C46H31N3O2. The standard InChI is InChI=1S/C46H31N3O2/c1-2-10-31-28(9-1)19-22-34-32-11-3-4-12-33(32)37(27-38(31)34)29-17-20-30(21-18-29)49(39-23-25-48-46-43(39)35-13-5-8-16-41(35)51-46)45-44-36-14-6-7-15-40(36)50-42(44)24-26-47-45/h1-27,45-48H. The van der Waals surface area contributed by atoms with Crippen molar-refractivity contribution >= 4 is 60.6 Å². The molecule has 0 spiro atoms. The Kier molecular flexibility index (Phi) is 6.01. The minimum Gasteiger partial charge on any atom is -0.466 e. The molecule has 7 aromatic carbocycles. The van der Waals surface area contributed by atoms with Crippen molar-refractivity contribution in [2.75, 3.05) is 4.90 Å². The highest BCUT2D eigenvalue weighted by Crippen LogP contribution is 2.46. The van der Waals surface area contributed by atoms with Gasteiger partial charge in [-0.25, -0.2) is 0 Å². The molecule has 5 nitrogen and oxygen atoms in total. The molecule has 1 aromatic heterocycles. The monoisotopic (exact) mass is 657 g/mol. The summed E-state index contributed by atoms with van der Waals surface area (Å²) >= 11 is 0. The second-order valence-electron chi connectivity index (χ2n) is 13.3. The summed E-state index contributed by atoms with van der Waals surface area (Å²) in [6.07, 6.45) is 7.64. The number of ether oxygens (including phenoxy) is 1. The molecule has 3 aliphatic rings. The van der Waals surface area contributed by atoms with Crippen LogP contribution in [0.4, 0.5) is 5.69 Å². The van der Waals surface area contributed by atoms with Crippen molar-refractivity contribution in [3.63, 3.8) is 0 Å². The quantitative estimate of drug-likeness (QED) is 0.185. The number of hydrogen-bond donors (Lipinski definition) is 2. The van der Waals surface area contributed by atoms with Gasteiger partial charge in [0, 0.05) is 40.2 Å². The van der Waals surface area contributed by atoms with E-state index in [-0.39, 0.29) is 12.4 Å². The average Bonchev–Trinajstić information content (AvgIpc) is 3.77. The molecule has 8 aromatic rings. The van der Waals surface area contributed by atoms with E-state index in [1.54, 1.807) is 0 Å². The van der Waals surface area contributed by atoms with Crippen molar-refractivity contribution in [3.05, 3.63) is 181 Å². The number of furan rings is 1. The van der Waals surface area contributed by atoms with Crippen molar-refractivity contribution in [1.29, 1.82) is 0 Å². The van der Waals surface area contributed by atoms with E-state index in [4.69, 9.17) is 9.15 Å². The zero-order valence-electron chi connectivity index (χ0n) is 27.5. The molecule has 0 aliphatic carbocycles. The lowest BCUT2D eigenvalue weighted by Crippen LogP contribution is -2.40. The lowest BCUT2D eigenvalue weighted by atomic mass is 9.91. The van der Waals surface area contributed by atoms with Crippen LogP contribution in [-0.4, -0.2) is 6.23 Å². The number of fused-ring (bicyclic) bond motifs is 11. The van der Waals surface area contributed by atoms with E-state index < -0.39 is 0 Å². The number of hydrogen-bond acceptors (Lipinski definition) is 5. The normalized spacial score (nSPS) is 17.3. The lowest BCUT2D eigenvalue weighted by Gasteiger charge is -2.38. The number of nitrogens with one attached hydrogen (secondary N) is 2. The number of para-hydroxylation sites is 2. The molecule has 51 heavy (non-hydrogen) atoms. The van der Waals surface area contributed by atoms with E-state index >= 15 is 0 Å². The zero-order chi connectivity index (χ0) is 33.5. The highest BCUT2D eigenvalue weighted by Gasteiger charge is 2.38. The third-order valence-electron chi connectivity index (χ3n) is 10.6. The summed E-state index contributed by atoms with van der Waals surface area (Å²) in [5.41, 5.74) is 8.67. The number of anilines is 1. The summed E-state index contributed by atoms with van der Waals surface area (Å²) in [5.74, 6) is 1.74. The molecule has 5 heteroatoms. The number of dihydropyridines is 1. The topological polar surface area (TPSA) is 49.7 Å². The van der Waals surface area contributed by atoms with E-state index in [0.717, 1.165) is 50.6 Å². The van der Waals surface area contributed by atoms with Crippen molar-refractivity contribution < 1.29 is 9.15 Å². The van der Waals surface area contributed by atoms with Gasteiger partial charge in [-0.05, 0) is 85.9 Å². The Balaban J connectivity index is 1.12. The van der Waals surface area contributed by atoms with Crippen molar-refractivity contribution in [2.45, 2.75) is 12.4 Å². The van der Waals surface area contributed by atoms with Crippen LogP contribution in [0.2, 0.25) is 0 Å². The molecule has 2 unspecified atom stereocenters. The fraction of sp³-hybridized carbons (Fsp3) is 0.0435. The van der Waals surface area contributed by atoms with Gasteiger partial charge < -0.3 is 24.7 Å². The molecule has 0 amide bonds. The molecule has 11 rings (SSSR count). The molecule has 0 bridgehead atoms. The van der Waals surface area contributed by atoms with E-state index in [9.17, 15) is 0 Å². The van der Waals surface area contributed by atoms with Crippen molar-refractivity contribution in [3.8, 4) is 16.9 Å². The van der Waals surface area contributed by atoms with Crippen LogP contribution in [0.3, 0.4) is 0 Å². The third kappa shape index (κ3) is 4.21. The molecule has 2 atom stereocenters. The highest BCUT2D eigenvalue weighted by atomic mass is 16.5. The van der Waals surface area contributed by atoms with Crippen molar-refractivity contribution in [1.82, 2.24) is 10.6 Å². The number of benzene rings is 7. The Bertz CT molecular complexity index is 2810. The van der Waals surface area contributed by atoms with Gasteiger partial charge in [0.2, 0.25) is 0 Å². The first-order valence-electron chi connectivity index (χ1n) is 17.4. The minimum atomic E-state index is -0.289. The van der Waals surface area contributed by atoms with Gasteiger partial charge in [-0.2, -0.15) is 0 Å². The van der Waals surface area contributed by atoms with Crippen LogP contribution < -0.4 is 20.3 Å². The van der Waals surface area contributed by atoms with Crippen LogP contribution in [0.5, 0.6) is 5.75 Å². The molecule has 0 saturated carbocycles. The Hall–Kier alpha value is -6.72. The fourth-order valence-electron chi connectivity index (χ4n) is 8.34. The summed E-state index contributed by atoms with van der Waals surface area (Å²) in [4.78, 5) is 2.39. The molecule has 0 radical (unpaired) electrons. The largest absolute Gasteiger partial charge is 0.466 e. The Morgan fingerprint density at radius 2 is 1.27 bits per heavy atom. The van der Waals surface area contributed by atoms with Gasteiger partial charge in [-0.3, -0.25) is 0 Å². The zero-order valence-corrected chi connectivity index (χ0v) is 27.5. The van der Waals surface area contributed by atoms with E-state index in [1.807, 2.05) is 42.7 Å². The summed E-state index contributed by atoms with van der Waals surface area (Å²) in [6.45, 7) is 0. The third-order valence-corrected chi connectivity index (χ3v) is 10.6. The Labute approximate surface area is 294 Å². The molecule has 3 aliphatic heterocycles. The minimum absolute atomic E-state index is 0.244. The van der Waals surface area contributed by atoms with Crippen LogP contribution in [0.1, 0.15) is 23.1 Å². The van der Waals surface area contributed by atoms with E-state index in [2.05, 4.69) is 137 Å². The van der Waals surface area contributed by atoms with E-state index in [0.29, 0.717) is 0 Å².